The second kappa shape index (κ2) is 9.45. The topological polar surface area (TPSA) is 44.8 Å². The maximum atomic E-state index is 14.4. The Morgan fingerprint density at radius 3 is 2.42 bits per heavy atom. The number of para-hydroxylation sites is 1. The number of nitrogens with zero attached hydrogens (tertiary/aromatic N) is 2. The van der Waals surface area contributed by atoms with Crippen molar-refractivity contribution in [1.82, 2.24) is 0 Å². The first-order chi connectivity index (χ1) is 17.3. The van der Waals surface area contributed by atoms with Crippen molar-refractivity contribution in [1.29, 1.82) is 0 Å². The van der Waals surface area contributed by atoms with Gasteiger partial charge in [0, 0.05) is 31.9 Å². The number of nitrogens with one attached hydrogen (secondary N) is 1. The molecule has 0 bridgehead atoms. The molecule has 1 unspecified atom stereocenters. The third-order valence-corrected chi connectivity index (χ3v) is 7.38. The zero-order valence-corrected chi connectivity index (χ0v) is 20.9. The summed E-state index contributed by atoms with van der Waals surface area (Å²) in [7, 11) is 1.31. The van der Waals surface area contributed by atoms with Crippen LogP contribution in [0, 0.1) is 11.6 Å². The molecule has 0 radical (unpaired) electrons. The van der Waals surface area contributed by atoms with E-state index >= 15 is 0 Å². The van der Waals surface area contributed by atoms with Crippen LogP contribution in [-0.4, -0.2) is 39.3 Å². The Hall–Kier alpha value is -3.61. The molecule has 3 aromatic rings. The van der Waals surface area contributed by atoms with Crippen molar-refractivity contribution in [3.63, 3.8) is 0 Å². The van der Waals surface area contributed by atoms with Gasteiger partial charge in [0.15, 0.2) is 0 Å². The number of rotatable bonds is 4. The van der Waals surface area contributed by atoms with Crippen molar-refractivity contribution in [3.05, 3.63) is 89.0 Å². The van der Waals surface area contributed by atoms with Crippen LogP contribution in [0.3, 0.4) is 0 Å². The van der Waals surface area contributed by atoms with E-state index in [9.17, 15) is 13.6 Å². The predicted molar refractivity (Wildman–Crippen MR) is 139 cm³/mol. The van der Waals surface area contributed by atoms with Crippen LogP contribution in [0.15, 0.2) is 60.7 Å². The number of hydrogen-bond donors (Lipinski definition) is 1. The van der Waals surface area contributed by atoms with Gasteiger partial charge < -0.3 is 19.9 Å². The van der Waals surface area contributed by atoms with Gasteiger partial charge in [0.25, 0.3) is 0 Å². The number of carbonyl (C=O) groups excluding carboxylic acids is 1. The van der Waals surface area contributed by atoms with Gasteiger partial charge in [0.05, 0.1) is 30.1 Å². The largest absolute Gasteiger partial charge is 0.465 e. The van der Waals surface area contributed by atoms with E-state index < -0.39 is 11.8 Å². The molecule has 1 N–H and O–H groups in total. The molecule has 5 nitrogen and oxygen atoms in total. The Morgan fingerprint density at radius 2 is 1.69 bits per heavy atom. The predicted octanol–water partition coefficient (Wildman–Crippen LogP) is 5.91. The molecule has 36 heavy (non-hydrogen) atoms. The number of ether oxygens (including phenoxy) is 1. The second-order valence-electron chi connectivity index (χ2n) is 10.2. The average molecular weight is 492 g/mol. The van der Waals surface area contributed by atoms with Crippen LogP contribution in [0.5, 0.6) is 0 Å². The number of fused-ring (bicyclic) bond motifs is 1. The molecule has 7 heteroatoms. The van der Waals surface area contributed by atoms with Gasteiger partial charge in [0.1, 0.15) is 11.6 Å². The highest BCUT2D eigenvalue weighted by atomic mass is 19.1. The third kappa shape index (κ3) is 4.50. The number of carbonyl (C=O) groups is 1. The standard InChI is InChI=1S/C29H31F2N3O2/c1-29(2)18-25(32-27-22(28(35)36-3)16-20(30)17-23(27)29)19-7-6-8-21(15-19)33-11-13-34(14-12-33)26-10-5-4-9-24(26)31/h4-10,15-17,25,32H,11-14,18H2,1-3H3. The number of benzene rings is 3. The molecule has 188 valence electrons. The minimum Gasteiger partial charge on any atom is -0.465 e. The van der Waals surface area contributed by atoms with Crippen molar-refractivity contribution < 1.29 is 18.3 Å². The molecule has 1 atom stereocenters. The van der Waals surface area contributed by atoms with E-state index in [1.807, 2.05) is 18.2 Å². The van der Waals surface area contributed by atoms with Gasteiger partial charge in [-0.2, -0.15) is 0 Å². The van der Waals surface area contributed by atoms with Crippen LogP contribution in [-0.2, 0) is 10.2 Å². The molecule has 2 aliphatic heterocycles. The van der Waals surface area contributed by atoms with Crippen molar-refractivity contribution >= 4 is 23.0 Å². The van der Waals surface area contributed by atoms with Crippen LogP contribution in [0.2, 0.25) is 0 Å². The summed E-state index contributed by atoms with van der Waals surface area (Å²) in [4.78, 5) is 16.8. The third-order valence-electron chi connectivity index (χ3n) is 7.38. The van der Waals surface area contributed by atoms with E-state index in [1.165, 1.54) is 25.3 Å². The number of anilines is 3. The van der Waals surface area contributed by atoms with Gasteiger partial charge in [-0.3, -0.25) is 0 Å². The molecule has 0 amide bonds. The van der Waals surface area contributed by atoms with Gasteiger partial charge in [-0.25, -0.2) is 13.6 Å². The first-order valence-electron chi connectivity index (χ1n) is 12.3. The normalized spacial score (nSPS) is 18.9. The lowest BCUT2D eigenvalue weighted by molar-refractivity contribution is 0.0601. The zero-order chi connectivity index (χ0) is 25.4. The molecule has 0 aromatic heterocycles. The minimum absolute atomic E-state index is 0.0546. The lowest BCUT2D eigenvalue weighted by Gasteiger charge is -2.40. The molecule has 3 aromatic carbocycles. The Balaban J connectivity index is 1.38. The fraction of sp³-hybridized carbons (Fsp3) is 0.345. The maximum Gasteiger partial charge on any atom is 0.340 e. The molecular formula is C29H31F2N3O2. The number of esters is 1. The smallest absolute Gasteiger partial charge is 0.340 e. The summed E-state index contributed by atoms with van der Waals surface area (Å²) in [6, 6.07) is 18.0. The van der Waals surface area contributed by atoms with Gasteiger partial charge >= 0.3 is 5.97 Å². The van der Waals surface area contributed by atoms with E-state index in [2.05, 4.69) is 47.2 Å². The number of methoxy groups -OCH3 is 1. The fourth-order valence-electron chi connectivity index (χ4n) is 5.47. The molecule has 0 spiro atoms. The van der Waals surface area contributed by atoms with Crippen molar-refractivity contribution in [2.75, 3.05) is 48.4 Å². The summed E-state index contributed by atoms with van der Waals surface area (Å²) in [5, 5.41) is 3.51. The maximum absolute atomic E-state index is 14.4. The molecule has 2 heterocycles. The summed E-state index contributed by atoms with van der Waals surface area (Å²) in [6.45, 7) is 7.20. The first-order valence-corrected chi connectivity index (χ1v) is 12.3. The molecule has 1 saturated heterocycles. The Bertz CT molecular complexity index is 1290. The highest BCUT2D eigenvalue weighted by Crippen LogP contribution is 2.46. The summed E-state index contributed by atoms with van der Waals surface area (Å²) in [5.41, 5.74) is 4.13. The van der Waals surface area contributed by atoms with Crippen LogP contribution in [0.4, 0.5) is 25.8 Å². The van der Waals surface area contributed by atoms with E-state index in [0.717, 1.165) is 49.4 Å². The summed E-state index contributed by atoms with van der Waals surface area (Å²) in [5.74, 6) is -1.19. The molecule has 1 fully saturated rings. The number of halogens is 2. The highest BCUT2D eigenvalue weighted by molar-refractivity contribution is 5.97. The van der Waals surface area contributed by atoms with Gasteiger partial charge in [0.2, 0.25) is 0 Å². The molecule has 2 aliphatic rings. The second-order valence-corrected chi connectivity index (χ2v) is 10.2. The highest BCUT2D eigenvalue weighted by Gasteiger charge is 2.36. The Morgan fingerprint density at radius 1 is 0.972 bits per heavy atom. The van der Waals surface area contributed by atoms with Crippen LogP contribution < -0.4 is 15.1 Å². The fourth-order valence-corrected chi connectivity index (χ4v) is 5.47. The van der Waals surface area contributed by atoms with Crippen LogP contribution in [0.1, 0.15) is 47.8 Å². The first kappa shape index (κ1) is 24.1. The monoisotopic (exact) mass is 491 g/mol. The zero-order valence-electron chi connectivity index (χ0n) is 20.9. The number of hydrogen-bond acceptors (Lipinski definition) is 5. The lowest BCUT2D eigenvalue weighted by atomic mass is 9.73. The lowest BCUT2D eigenvalue weighted by Crippen LogP contribution is -2.46. The minimum atomic E-state index is -0.559. The average Bonchev–Trinajstić information content (AvgIpc) is 2.88. The quantitative estimate of drug-likeness (QED) is 0.460. The summed E-state index contributed by atoms with van der Waals surface area (Å²) < 4.78 is 33.5. The van der Waals surface area contributed by atoms with Crippen molar-refractivity contribution in [2.45, 2.75) is 31.7 Å². The molecule has 0 aliphatic carbocycles. The number of piperazine rings is 1. The Kier molecular flexibility index (Phi) is 6.33. The molecule has 0 saturated carbocycles. The van der Waals surface area contributed by atoms with E-state index in [-0.39, 0.29) is 22.8 Å². The van der Waals surface area contributed by atoms with E-state index in [4.69, 9.17) is 4.74 Å². The van der Waals surface area contributed by atoms with Gasteiger partial charge in [-0.15, -0.1) is 0 Å². The summed E-state index contributed by atoms with van der Waals surface area (Å²) in [6.07, 6.45) is 0.745. The SMILES string of the molecule is COC(=O)c1cc(F)cc2c1NC(c1cccc(N3CCN(c4ccccc4F)CC3)c1)CC2(C)C. The van der Waals surface area contributed by atoms with Crippen molar-refractivity contribution in [2.24, 2.45) is 0 Å². The molecular weight excluding hydrogens is 460 g/mol. The van der Waals surface area contributed by atoms with Crippen LogP contribution in [0.25, 0.3) is 0 Å². The van der Waals surface area contributed by atoms with Gasteiger partial charge in [-0.05, 0) is 59.4 Å². The van der Waals surface area contributed by atoms with E-state index in [1.54, 1.807) is 6.07 Å². The van der Waals surface area contributed by atoms with Gasteiger partial charge in [-0.1, -0.05) is 38.1 Å². The Labute approximate surface area is 210 Å². The van der Waals surface area contributed by atoms with E-state index in [0.29, 0.717) is 11.4 Å². The van der Waals surface area contributed by atoms with Crippen molar-refractivity contribution in [3.8, 4) is 0 Å². The molecule has 5 rings (SSSR count). The summed E-state index contributed by atoms with van der Waals surface area (Å²) >= 11 is 0. The van der Waals surface area contributed by atoms with Crippen LogP contribution >= 0.6 is 0 Å².